The smallest absolute Gasteiger partial charge is 0.309 e. The van der Waals surface area contributed by atoms with Crippen LogP contribution in [0.15, 0.2) is 12.1 Å². The Balaban J connectivity index is 1.68. The monoisotopic (exact) mass is 550 g/mol. The highest BCUT2D eigenvalue weighted by Gasteiger charge is 2.41. The van der Waals surface area contributed by atoms with E-state index in [0.717, 1.165) is 75.6 Å². The maximum atomic E-state index is 11.9. The number of nitrogens with zero attached hydrogens (tertiary/aromatic N) is 1. The van der Waals surface area contributed by atoms with Crippen LogP contribution < -0.4 is 4.98 Å². The van der Waals surface area contributed by atoms with E-state index in [1.165, 1.54) is 25.7 Å². The Morgan fingerprint density at radius 2 is 1.59 bits per heavy atom. The second kappa shape index (κ2) is 18.8. The number of carboxylic acids is 1. The number of carboxylic acid groups (broad SMARTS) is 1. The first kappa shape index (κ1) is 33.8. The summed E-state index contributed by atoms with van der Waals surface area (Å²) in [5, 5.41) is 51.1. The van der Waals surface area contributed by atoms with Crippen molar-refractivity contribution in [2.75, 3.05) is 6.61 Å². The summed E-state index contributed by atoms with van der Waals surface area (Å²) in [6, 6.07) is 3.98. The van der Waals surface area contributed by atoms with E-state index in [9.17, 15) is 25.2 Å². The van der Waals surface area contributed by atoms with E-state index in [1.54, 1.807) is 0 Å². The van der Waals surface area contributed by atoms with E-state index in [4.69, 9.17) is 5.11 Å². The molecule has 5 unspecified atom stereocenters. The zero-order chi connectivity index (χ0) is 28.5. The normalized spacial score (nSPS) is 21.7. The fraction of sp³-hybridized carbons (Fsp3) is 0.844. The molecule has 0 aromatic carbocycles. The third kappa shape index (κ3) is 12.8. The minimum atomic E-state index is -0.968. The number of aliphatic carboxylic acids is 1. The lowest BCUT2D eigenvalue weighted by molar-refractivity contribution is -0.146. The molecule has 5 atom stereocenters. The van der Waals surface area contributed by atoms with Crippen molar-refractivity contribution >= 4 is 5.97 Å². The Labute approximate surface area is 236 Å². The Bertz CT molecular complexity index is 782. The molecular weight excluding hydrogens is 494 g/mol. The van der Waals surface area contributed by atoms with Crippen LogP contribution in [0, 0.1) is 11.8 Å². The molecule has 1 aliphatic carbocycles. The quantitative estimate of drug-likeness (QED) is 0.113. The molecule has 7 heteroatoms. The van der Waals surface area contributed by atoms with Crippen LogP contribution in [0.5, 0.6) is 0 Å². The van der Waals surface area contributed by atoms with Gasteiger partial charge in [-0.25, -0.2) is 0 Å². The van der Waals surface area contributed by atoms with Crippen molar-refractivity contribution in [3.63, 3.8) is 0 Å². The standard InChI is InChI=1S/C32H56NO6/c1-2-3-4-5-8-15-28(35)16-9-6-7-10-17-29(31(37)38)30(36)20-22-32(39)21-11-13-25(32)24-27-19-18-26(33-27)14-12-23-34/h18-19,25,28-30,34-36,39H,2-17,20-24H2,1H3,(H,37,38)/q-1. The van der Waals surface area contributed by atoms with Gasteiger partial charge in [-0.1, -0.05) is 83.3 Å². The molecule has 1 aliphatic rings. The fourth-order valence-electron chi connectivity index (χ4n) is 6.27. The number of carbonyl (C=O) groups is 1. The topological polar surface area (TPSA) is 132 Å². The lowest BCUT2D eigenvalue weighted by Gasteiger charge is -2.33. The van der Waals surface area contributed by atoms with E-state index < -0.39 is 23.6 Å². The molecule has 0 amide bonds. The zero-order valence-corrected chi connectivity index (χ0v) is 24.4. The summed E-state index contributed by atoms with van der Waals surface area (Å²) >= 11 is 0. The van der Waals surface area contributed by atoms with Gasteiger partial charge in [0.25, 0.3) is 0 Å². The van der Waals surface area contributed by atoms with Crippen molar-refractivity contribution in [1.29, 1.82) is 0 Å². The third-order valence-corrected chi connectivity index (χ3v) is 8.82. The molecule has 0 spiro atoms. The molecule has 0 bridgehead atoms. The molecular formula is C32H56NO6-. The molecule has 1 saturated carbocycles. The minimum absolute atomic E-state index is 0.0558. The van der Waals surface area contributed by atoms with Gasteiger partial charge in [-0.3, -0.25) is 4.79 Å². The van der Waals surface area contributed by atoms with Gasteiger partial charge in [0, 0.05) is 6.61 Å². The molecule has 5 N–H and O–H groups in total. The second-order valence-electron chi connectivity index (χ2n) is 12.1. The first-order chi connectivity index (χ1) is 18.8. The fourth-order valence-corrected chi connectivity index (χ4v) is 6.27. The summed E-state index contributed by atoms with van der Waals surface area (Å²) in [6.07, 6.45) is 15.8. The van der Waals surface area contributed by atoms with Crippen molar-refractivity contribution in [3.8, 4) is 0 Å². The van der Waals surface area contributed by atoms with E-state index in [0.29, 0.717) is 32.1 Å². The lowest BCUT2D eigenvalue weighted by atomic mass is 9.81. The van der Waals surface area contributed by atoms with Crippen molar-refractivity contribution < 1.29 is 30.3 Å². The molecule has 1 heterocycles. The van der Waals surface area contributed by atoms with Crippen molar-refractivity contribution in [2.45, 2.75) is 153 Å². The van der Waals surface area contributed by atoms with Crippen LogP contribution >= 0.6 is 0 Å². The van der Waals surface area contributed by atoms with Gasteiger partial charge >= 0.3 is 5.97 Å². The van der Waals surface area contributed by atoms with E-state index >= 15 is 0 Å². The number of aliphatic hydroxyl groups excluding tert-OH is 3. The average molecular weight is 551 g/mol. The van der Waals surface area contributed by atoms with Crippen LogP contribution in [-0.2, 0) is 17.6 Å². The summed E-state index contributed by atoms with van der Waals surface area (Å²) < 4.78 is 0. The first-order valence-electron chi connectivity index (χ1n) is 15.8. The van der Waals surface area contributed by atoms with Gasteiger partial charge in [-0.2, -0.15) is 11.4 Å². The molecule has 1 aromatic heterocycles. The Morgan fingerprint density at radius 3 is 2.23 bits per heavy atom. The van der Waals surface area contributed by atoms with Gasteiger partial charge in [0.05, 0.1) is 23.7 Å². The van der Waals surface area contributed by atoms with Gasteiger partial charge in [0.15, 0.2) is 0 Å². The molecule has 0 radical (unpaired) electrons. The highest BCUT2D eigenvalue weighted by atomic mass is 16.4. The largest absolute Gasteiger partial charge is 0.665 e. The molecule has 2 rings (SSSR count). The minimum Gasteiger partial charge on any atom is -0.665 e. The molecule has 0 saturated heterocycles. The number of aliphatic hydroxyl groups is 4. The summed E-state index contributed by atoms with van der Waals surface area (Å²) in [5.74, 6) is -1.72. The van der Waals surface area contributed by atoms with Gasteiger partial charge in [0.2, 0.25) is 0 Å². The van der Waals surface area contributed by atoms with E-state index in [1.807, 2.05) is 12.1 Å². The summed E-state index contributed by atoms with van der Waals surface area (Å²) in [7, 11) is 0. The lowest BCUT2D eigenvalue weighted by Crippen LogP contribution is -2.37. The maximum absolute atomic E-state index is 11.9. The highest BCUT2D eigenvalue weighted by molar-refractivity contribution is 5.70. The summed E-state index contributed by atoms with van der Waals surface area (Å²) in [6.45, 7) is 2.35. The Kier molecular flexibility index (Phi) is 16.3. The molecule has 0 aliphatic heterocycles. The maximum Gasteiger partial charge on any atom is 0.309 e. The van der Waals surface area contributed by atoms with E-state index in [2.05, 4.69) is 11.9 Å². The zero-order valence-electron chi connectivity index (χ0n) is 24.4. The van der Waals surface area contributed by atoms with Gasteiger partial charge in [-0.15, -0.1) is 0 Å². The van der Waals surface area contributed by atoms with E-state index in [-0.39, 0.29) is 25.0 Å². The molecule has 39 heavy (non-hydrogen) atoms. The number of hydrogen-bond acceptors (Lipinski definition) is 5. The van der Waals surface area contributed by atoms with Crippen molar-refractivity contribution in [3.05, 3.63) is 23.5 Å². The van der Waals surface area contributed by atoms with Crippen LogP contribution in [0.4, 0.5) is 0 Å². The highest BCUT2D eigenvalue weighted by Crippen LogP contribution is 2.41. The molecule has 7 nitrogen and oxygen atoms in total. The van der Waals surface area contributed by atoms with Gasteiger partial charge in [-0.05, 0) is 70.1 Å². The summed E-state index contributed by atoms with van der Waals surface area (Å²) in [4.78, 5) is 16.5. The number of rotatable bonds is 23. The van der Waals surface area contributed by atoms with Gasteiger partial charge in [0.1, 0.15) is 0 Å². The molecule has 1 aromatic rings. The van der Waals surface area contributed by atoms with Gasteiger partial charge < -0.3 is 30.5 Å². The van der Waals surface area contributed by atoms with Crippen LogP contribution in [0.2, 0.25) is 0 Å². The van der Waals surface area contributed by atoms with Crippen LogP contribution in [-0.4, -0.2) is 55.9 Å². The average Bonchev–Trinajstić information content (AvgIpc) is 3.51. The second-order valence-corrected chi connectivity index (χ2v) is 12.1. The molecule has 1 fully saturated rings. The SMILES string of the molecule is CCCCCCCC(O)CCCCCCC(C(=O)O)C(O)CCC1(O)CCCC1Cc1ccc(CCCO)[n-]1. The molecule has 226 valence electrons. The number of aryl methyl sites for hydroxylation is 1. The number of unbranched alkanes of at least 4 members (excludes halogenated alkanes) is 7. The number of hydrogen-bond donors (Lipinski definition) is 5. The predicted octanol–water partition coefficient (Wildman–Crippen LogP) is 5.55. The predicted molar refractivity (Wildman–Crippen MR) is 155 cm³/mol. The Morgan fingerprint density at radius 1 is 0.949 bits per heavy atom. The third-order valence-electron chi connectivity index (χ3n) is 8.82. The summed E-state index contributed by atoms with van der Waals surface area (Å²) in [5.41, 5.74) is 1.02. The van der Waals surface area contributed by atoms with Crippen molar-refractivity contribution in [1.82, 2.24) is 4.98 Å². The first-order valence-corrected chi connectivity index (χ1v) is 15.8. The number of aromatic nitrogens is 1. The van der Waals surface area contributed by atoms with Crippen LogP contribution in [0.1, 0.15) is 134 Å². The van der Waals surface area contributed by atoms with Crippen molar-refractivity contribution in [2.24, 2.45) is 11.8 Å². The Hall–Kier alpha value is -1.41. The van der Waals surface area contributed by atoms with Crippen LogP contribution in [0.3, 0.4) is 0 Å². The van der Waals surface area contributed by atoms with Crippen LogP contribution in [0.25, 0.3) is 0 Å².